The molecule has 0 saturated carbocycles. The fourth-order valence-electron chi connectivity index (χ4n) is 2.06. The number of ether oxygens (including phenoxy) is 1. The van der Waals surface area contributed by atoms with E-state index in [1.807, 2.05) is 45.2 Å². The molecule has 0 saturated heterocycles. The van der Waals surface area contributed by atoms with E-state index in [9.17, 15) is 0 Å². The molecule has 0 amide bonds. The van der Waals surface area contributed by atoms with Gasteiger partial charge in [0, 0.05) is 18.8 Å². The van der Waals surface area contributed by atoms with Gasteiger partial charge in [-0.25, -0.2) is 4.98 Å². The Morgan fingerprint density at radius 1 is 1.25 bits per heavy atom. The zero-order valence-corrected chi connectivity index (χ0v) is 11.9. The van der Waals surface area contributed by atoms with Crippen LogP contribution in [-0.4, -0.2) is 12.0 Å². The molecule has 2 rings (SSSR count). The number of hydrogen-bond acceptors (Lipinski definition) is 4. The van der Waals surface area contributed by atoms with Gasteiger partial charge in [0.05, 0.1) is 11.6 Å². The maximum atomic E-state index is 8.93. The molecule has 0 unspecified atom stereocenters. The van der Waals surface area contributed by atoms with Crippen LogP contribution in [0.5, 0.6) is 5.75 Å². The van der Waals surface area contributed by atoms with Crippen molar-refractivity contribution in [3.63, 3.8) is 0 Å². The summed E-state index contributed by atoms with van der Waals surface area (Å²) in [6.45, 7) is 4.36. The van der Waals surface area contributed by atoms with Gasteiger partial charge in [0.25, 0.3) is 0 Å². The molecule has 0 spiro atoms. The summed E-state index contributed by atoms with van der Waals surface area (Å²) < 4.78 is 5.86. The number of anilines is 1. The molecule has 0 aliphatic heterocycles. The summed E-state index contributed by atoms with van der Waals surface area (Å²) in [5.74, 6) is 1.67. The van der Waals surface area contributed by atoms with Gasteiger partial charge in [0.15, 0.2) is 0 Å². The molecule has 0 atom stereocenters. The van der Waals surface area contributed by atoms with E-state index in [2.05, 4.69) is 16.4 Å². The van der Waals surface area contributed by atoms with Crippen molar-refractivity contribution in [2.24, 2.45) is 0 Å². The van der Waals surface area contributed by atoms with Crippen LogP contribution in [0.25, 0.3) is 0 Å². The van der Waals surface area contributed by atoms with Crippen LogP contribution in [0.1, 0.15) is 22.3 Å². The van der Waals surface area contributed by atoms with Crippen LogP contribution >= 0.6 is 0 Å². The summed E-state index contributed by atoms with van der Waals surface area (Å²) in [4.78, 5) is 4.25. The minimum absolute atomic E-state index is 0.463. The second-order valence-corrected chi connectivity index (χ2v) is 4.64. The van der Waals surface area contributed by atoms with E-state index >= 15 is 0 Å². The van der Waals surface area contributed by atoms with Crippen molar-refractivity contribution in [1.82, 2.24) is 4.98 Å². The highest BCUT2D eigenvalue weighted by atomic mass is 16.5. The maximum Gasteiger partial charge on any atom is 0.125 e. The van der Waals surface area contributed by atoms with Gasteiger partial charge in [-0.3, -0.25) is 0 Å². The van der Waals surface area contributed by atoms with Gasteiger partial charge >= 0.3 is 0 Å². The van der Waals surface area contributed by atoms with Crippen LogP contribution in [-0.2, 0) is 6.61 Å². The van der Waals surface area contributed by atoms with E-state index in [1.54, 1.807) is 6.20 Å². The highest BCUT2D eigenvalue weighted by Gasteiger charge is 2.07. The first-order valence-electron chi connectivity index (χ1n) is 6.41. The Hall–Kier alpha value is -2.54. The largest absolute Gasteiger partial charge is 0.488 e. The summed E-state index contributed by atoms with van der Waals surface area (Å²) in [7, 11) is 1.84. The second-order valence-electron chi connectivity index (χ2n) is 4.64. The van der Waals surface area contributed by atoms with Crippen LogP contribution < -0.4 is 10.1 Å². The number of aromatic nitrogens is 1. The lowest BCUT2D eigenvalue weighted by Gasteiger charge is -2.12. The first-order valence-corrected chi connectivity index (χ1v) is 6.41. The van der Waals surface area contributed by atoms with Gasteiger partial charge in [-0.2, -0.15) is 5.26 Å². The molecule has 0 aliphatic rings. The molecular weight excluding hydrogens is 250 g/mol. The molecule has 0 fully saturated rings. The Labute approximate surface area is 119 Å². The molecule has 4 heteroatoms. The van der Waals surface area contributed by atoms with E-state index in [1.165, 1.54) is 0 Å². The van der Waals surface area contributed by atoms with Crippen molar-refractivity contribution in [3.8, 4) is 11.8 Å². The van der Waals surface area contributed by atoms with Gasteiger partial charge in [-0.1, -0.05) is 6.07 Å². The Morgan fingerprint density at radius 3 is 2.45 bits per heavy atom. The SMILES string of the molecule is CNc1ccc(COc2c(C)cc(C#N)cc2C)cn1. The van der Waals surface area contributed by atoms with Crippen molar-refractivity contribution in [2.45, 2.75) is 20.5 Å². The normalized spacial score (nSPS) is 9.90. The highest BCUT2D eigenvalue weighted by molar-refractivity contribution is 5.47. The van der Waals surface area contributed by atoms with Gasteiger partial charge in [-0.05, 0) is 43.2 Å². The molecule has 1 aromatic heterocycles. The Kier molecular flexibility index (Phi) is 4.21. The average molecular weight is 267 g/mol. The number of benzene rings is 1. The van der Waals surface area contributed by atoms with E-state index in [0.29, 0.717) is 12.2 Å². The second kappa shape index (κ2) is 6.07. The molecule has 0 bridgehead atoms. The van der Waals surface area contributed by atoms with Crippen LogP contribution in [0.15, 0.2) is 30.5 Å². The van der Waals surface area contributed by atoms with Crippen molar-refractivity contribution >= 4 is 5.82 Å². The van der Waals surface area contributed by atoms with Gasteiger partial charge in [0.2, 0.25) is 0 Å². The lowest BCUT2D eigenvalue weighted by Crippen LogP contribution is -2.01. The van der Waals surface area contributed by atoms with Crippen molar-refractivity contribution in [3.05, 3.63) is 52.7 Å². The third-order valence-electron chi connectivity index (χ3n) is 3.05. The number of nitrogens with zero attached hydrogens (tertiary/aromatic N) is 2. The predicted octanol–water partition coefficient (Wildman–Crippen LogP) is 3.19. The fraction of sp³-hybridized carbons (Fsp3) is 0.250. The first-order chi connectivity index (χ1) is 9.63. The monoisotopic (exact) mass is 267 g/mol. The number of aryl methyl sites for hydroxylation is 2. The van der Waals surface area contributed by atoms with Crippen LogP contribution in [0.2, 0.25) is 0 Å². The topological polar surface area (TPSA) is 57.9 Å². The first kappa shape index (κ1) is 13.9. The predicted molar refractivity (Wildman–Crippen MR) is 78.7 cm³/mol. The molecule has 102 valence electrons. The van der Waals surface area contributed by atoms with Gasteiger partial charge < -0.3 is 10.1 Å². The fourth-order valence-corrected chi connectivity index (χ4v) is 2.06. The Bertz CT molecular complexity index is 619. The molecule has 0 radical (unpaired) electrons. The van der Waals surface area contributed by atoms with Gasteiger partial charge in [0.1, 0.15) is 18.2 Å². The zero-order chi connectivity index (χ0) is 14.5. The summed E-state index contributed by atoms with van der Waals surface area (Å²) in [5.41, 5.74) is 3.61. The highest BCUT2D eigenvalue weighted by Crippen LogP contribution is 2.25. The number of nitrogens with one attached hydrogen (secondary N) is 1. The average Bonchev–Trinajstić information content (AvgIpc) is 2.46. The van der Waals surface area contributed by atoms with E-state index in [0.717, 1.165) is 28.3 Å². The van der Waals surface area contributed by atoms with Gasteiger partial charge in [-0.15, -0.1) is 0 Å². The van der Waals surface area contributed by atoms with Crippen LogP contribution in [0.4, 0.5) is 5.82 Å². The lowest BCUT2D eigenvalue weighted by molar-refractivity contribution is 0.301. The smallest absolute Gasteiger partial charge is 0.125 e. The quantitative estimate of drug-likeness (QED) is 0.924. The Morgan fingerprint density at radius 2 is 1.95 bits per heavy atom. The number of pyridine rings is 1. The number of hydrogen-bond donors (Lipinski definition) is 1. The van der Waals surface area contributed by atoms with E-state index in [4.69, 9.17) is 10.00 Å². The number of nitriles is 1. The maximum absolute atomic E-state index is 8.93. The van der Waals surface area contributed by atoms with Crippen LogP contribution in [0.3, 0.4) is 0 Å². The molecule has 2 aromatic rings. The molecule has 4 nitrogen and oxygen atoms in total. The minimum atomic E-state index is 0.463. The minimum Gasteiger partial charge on any atom is -0.488 e. The molecule has 1 aromatic carbocycles. The van der Waals surface area contributed by atoms with Crippen molar-refractivity contribution < 1.29 is 4.74 Å². The Balaban J connectivity index is 2.12. The summed E-state index contributed by atoms with van der Waals surface area (Å²) in [5, 5.41) is 11.9. The summed E-state index contributed by atoms with van der Waals surface area (Å²) >= 11 is 0. The van der Waals surface area contributed by atoms with Crippen LogP contribution in [0, 0.1) is 25.2 Å². The third kappa shape index (κ3) is 3.07. The van der Waals surface area contributed by atoms with E-state index < -0.39 is 0 Å². The van der Waals surface area contributed by atoms with Crippen molar-refractivity contribution in [2.75, 3.05) is 12.4 Å². The molecule has 20 heavy (non-hydrogen) atoms. The van der Waals surface area contributed by atoms with Crippen molar-refractivity contribution in [1.29, 1.82) is 5.26 Å². The molecular formula is C16H17N3O. The zero-order valence-electron chi connectivity index (χ0n) is 11.9. The summed E-state index contributed by atoms with van der Waals surface area (Å²) in [6.07, 6.45) is 1.79. The van der Waals surface area contributed by atoms with E-state index in [-0.39, 0.29) is 0 Å². The lowest BCUT2D eigenvalue weighted by atomic mass is 10.1. The third-order valence-corrected chi connectivity index (χ3v) is 3.05. The molecule has 1 N–H and O–H groups in total. The number of rotatable bonds is 4. The molecule has 1 heterocycles. The standard InChI is InChI=1S/C16H17N3O/c1-11-6-14(8-17)7-12(2)16(11)20-10-13-4-5-15(18-3)19-9-13/h4-7,9H,10H2,1-3H3,(H,18,19). The summed E-state index contributed by atoms with van der Waals surface area (Å²) in [6, 6.07) is 9.72. The molecule has 0 aliphatic carbocycles.